The van der Waals surface area contributed by atoms with Crippen LogP contribution in [0.3, 0.4) is 0 Å². The maximum atomic E-state index is 14.0. The van der Waals surface area contributed by atoms with Crippen LogP contribution in [0.5, 0.6) is 0 Å². The average molecular weight is 981 g/mol. The van der Waals surface area contributed by atoms with Gasteiger partial charge in [0.25, 0.3) is 0 Å². The van der Waals surface area contributed by atoms with Gasteiger partial charge < -0.3 is 52.5 Å². The molecule has 2 aliphatic heterocycles. The summed E-state index contributed by atoms with van der Waals surface area (Å²) < 4.78 is 62.1. The number of aliphatic hydroxyl groups is 1. The van der Waals surface area contributed by atoms with E-state index in [1.807, 2.05) is 60.7 Å². The van der Waals surface area contributed by atoms with E-state index in [4.69, 9.17) is 47.4 Å². The Kier molecular flexibility index (Phi) is 17.6. The third-order valence-corrected chi connectivity index (χ3v) is 11.6. The lowest BCUT2D eigenvalue weighted by molar-refractivity contribution is -0.334. The van der Waals surface area contributed by atoms with Crippen molar-refractivity contribution in [1.29, 1.82) is 0 Å². The normalized spacial score (nSPS) is 23.7. The Morgan fingerprint density at radius 2 is 0.792 bits per heavy atom. The van der Waals surface area contributed by atoms with Gasteiger partial charge in [0.05, 0.1) is 42.1 Å². The van der Waals surface area contributed by atoms with Gasteiger partial charge in [-0.15, -0.1) is 0 Å². The summed E-state index contributed by atoms with van der Waals surface area (Å²) in [5.41, 5.74) is 2.14. The lowest BCUT2D eigenvalue weighted by atomic mass is 9.97. The molecule has 8 rings (SSSR count). The molecule has 2 saturated heterocycles. The second kappa shape index (κ2) is 25.0. The van der Waals surface area contributed by atoms with E-state index in [-0.39, 0.29) is 35.5 Å². The molecule has 0 aromatic heterocycles. The highest BCUT2D eigenvalue weighted by Gasteiger charge is 2.55. The van der Waals surface area contributed by atoms with Gasteiger partial charge in [-0.25, -0.2) is 19.2 Å². The van der Waals surface area contributed by atoms with E-state index in [0.717, 1.165) is 11.1 Å². The fourth-order valence-electron chi connectivity index (χ4n) is 8.12. The summed E-state index contributed by atoms with van der Waals surface area (Å²) in [4.78, 5) is 68.0. The number of hydrogen-bond acceptors (Lipinski definition) is 16. The molecule has 10 atom stereocenters. The first-order chi connectivity index (χ1) is 35.1. The van der Waals surface area contributed by atoms with Crippen molar-refractivity contribution in [2.45, 2.75) is 81.5 Å². The summed E-state index contributed by atoms with van der Waals surface area (Å²) in [6, 6.07) is 50.6. The minimum Gasteiger partial charge on any atom is -0.459 e. The van der Waals surface area contributed by atoms with E-state index in [1.54, 1.807) is 84.9 Å². The Labute approximate surface area is 415 Å². The van der Waals surface area contributed by atoms with E-state index in [1.165, 1.54) is 43.3 Å². The SMILES string of the molecule is CC(=O)O[C@H]1[C@@H](OC[C@H]2O[C@H](O)[C@H](OC(=O)c3ccccc3)[C@@H](OC(=O)c3ccccc3)[C@@H]2OC(=O)c2ccccc2)O[C@H](COC(=O)c2ccccc2)[C@H](OCc2ccccc2)[C@@H]1OCc1ccccc1. The van der Waals surface area contributed by atoms with Crippen LogP contribution in [0.4, 0.5) is 0 Å². The van der Waals surface area contributed by atoms with Crippen molar-refractivity contribution >= 4 is 29.8 Å². The number of aliphatic hydroxyl groups excluding tert-OH is 1. The molecule has 16 nitrogen and oxygen atoms in total. The van der Waals surface area contributed by atoms with Crippen molar-refractivity contribution in [1.82, 2.24) is 0 Å². The van der Waals surface area contributed by atoms with E-state index < -0.39 is 104 Å². The molecule has 0 unspecified atom stereocenters. The van der Waals surface area contributed by atoms with Crippen molar-refractivity contribution in [2.24, 2.45) is 0 Å². The highest BCUT2D eigenvalue weighted by Crippen LogP contribution is 2.34. The third kappa shape index (κ3) is 13.4. The Hall–Kier alpha value is -7.57. The third-order valence-electron chi connectivity index (χ3n) is 11.6. The van der Waals surface area contributed by atoms with Gasteiger partial charge in [-0.1, -0.05) is 133 Å². The molecule has 0 saturated carbocycles. The van der Waals surface area contributed by atoms with Gasteiger partial charge in [-0.2, -0.15) is 0 Å². The molecule has 16 heteroatoms. The van der Waals surface area contributed by atoms with Crippen molar-refractivity contribution in [3.05, 3.63) is 215 Å². The standard InChI is InChI=1S/C56H52O16/c1-36(57)67-50-47(64-33-38-22-10-3-11-23-38)45(63-32-37-20-8-2-9-21-37)43(34-65-51(58)39-24-12-4-13-25-39)69-56(50)66-35-44-46(70-52(59)40-26-14-5-15-27-40)48(71-53(60)41-28-16-6-17-29-41)49(55(62)68-44)72-54(61)42-30-18-7-19-31-42/h2-31,43-50,55-56,62H,32-35H2,1H3/t43-,44-,45+,46-,47+,48+,49-,50-,55+,56+/m1/s1. The number of benzene rings is 6. The molecule has 2 heterocycles. The first-order valence-electron chi connectivity index (χ1n) is 23.2. The van der Waals surface area contributed by atoms with Gasteiger partial charge >= 0.3 is 29.8 Å². The van der Waals surface area contributed by atoms with Crippen LogP contribution in [0.2, 0.25) is 0 Å². The number of carbonyl (C=O) groups excluding carboxylic acids is 5. The molecule has 1 N–H and O–H groups in total. The molecule has 2 aliphatic rings. The maximum absolute atomic E-state index is 14.0. The summed E-state index contributed by atoms with van der Waals surface area (Å²) in [5, 5.41) is 11.8. The van der Waals surface area contributed by atoms with Crippen molar-refractivity contribution in [3.63, 3.8) is 0 Å². The zero-order valence-corrected chi connectivity index (χ0v) is 39.0. The number of ether oxygens (including phenoxy) is 10. The summed E-state index contributed by atoms with van der Waals surface area (Å²) in [7, 11) is 0. The topological polar surface area (TPSA) is 198 Å². The van der Waals surface area contributed by atoms with Crippen LogP contribution in [-0.4, -0.2) is 110 Å². The minimum atomic E-state index is -2.01. The van der Waals surface area contributed by atoms with Crippen molar-refractivity contribution < 1.29 is 76.4 Å². The van der Waals surface area contributed by atoms with Crippen LogP contribution in [0.25, 0.3) is 0 Å². The van der Waals surface area contributed by atoms with Crippen LogP contribution in [0.15, 0.2) is 182 Å². The molecule has 372 valence electrons. The predicted molar refractivity (Wildman–Crippen MR) is 255 cm³/mol. The molecular weight excluding hydrogens is 929 g/mol. The Morgan fingerprint density at radius 3 is 1.25 bits per heavy atom. The average Bonchev–Trinajstić information content (AvgIpc) is 3.42. The van der Waals surface area contributed by atoms with Crippen molar-refractivity contribution in [3.8, 4) is 0 Å². The second-order valence-corrected chi connectivity index (χ2v) is 16.7. The number of carbonyl (C=O) groups is 5. The van der Waals surface area contributed by atoms with Crippen LogP contribution in [0.1, 0.15) is 59.5 Å². The summed E-state index contributed by atoms with van der Waals surface area (Å²) >= 11 is 0. The van der Waals surface area contributed by atoms with E-state index in [0.29, 0.717) is 0 Å². The molecule has 0 amide bonds. The van der Waals surface area contributed by atoms with E-state index in [9.17, 15) is 29.1 Å². The highest BCUT2D eigenvalue weighted by molar-refractivity contribution is 5.91. The molecule has 72 heavy (non-hydrogen) atoms. The molecule has 0 bridgehead atoms. The van der Waals surface area contributed by atoms with Gasteiger partial charge in [-0.3, -0.25) is 4.79 Å². The van der Waals surface area contributed by atoms with E-state index in [2.05, 4.69) is 0 Å². The Balaban J connectivity index is 1.14. The molecule has 2 fully saturated rings. The van der Waals surface area contributed by atoms with Gasteiger partial charge in [0, 0.05) is 6.92 Å². The fraction of sp³-hybridized carbons (Fsp3) is 0.268. The molecule has 6 aromatic carbocycles. The lowest BCUT2D eigenvalue weighted by Gasteiger charge is -2.46. The molecular formula is C56H52O16. The molecule has 0 spiro atoms. The van der Waals surface area contributed by atoms with Crippen molar-refractivity contribution in [2.75, 3.05) is 13.2 Å². The Morgan fingerprint density at radius 1 is 0.403 bits per heavy atom. The largest absolute Gasteiger partial charge is 0.459 e. The lowest BCUT2D eigenvalue weighted by Crippen LogP contribution is -2.64. The Bertz CT molecular complexity index is 2680. The number of rotatable bonds is 19. The smallest absolute Gasteiger partial charge is 0.338 e. The quantitative estimate of drug-likeness (QED) is 0.0638. The fourth-order valence-corrected chi connectivity index (χ4v) is 8.12. The number of hydrogen-bond donors (Lipinski definition) is 1. The molecule has 6 aromatic rings. The van der Waals surface area contributed by atoms with Gasteiger partial charge in [0.15, 0.2) is 37.0 Å². The van der Waals surface area contributed by atoms with Gasteiger partial charge in [-0.05, 0) is 59.7 Å². The summed E-state index contributed by atoms with van der Waals surface area (Å²) in [5.74, 6) is -4.10. The first-order valence-corrected chi connectivity index (χ1v) is 23.2. The second-order valence-electron chi connectivity index (χ2n) is 16.7. The zero-order valence-electron chi connectivity index (χ0n) is 39.0. The summed E-state index contributed by atoms with van der Waals surface area (Å²) in [6.07, 6.45) is -15.0. The maximum Gasteiger partial charge on any atom is 0.338 e. The highest BCUT2D eigenvalue weighted by atomic mass is 16.7. The van der Waals surface area contributed by atoms with Crippen LogP contribution in [-0.2, 0) is 65.4 Å². The zero-order chi connectivity index (χ0) is 50.2. The van der Waals surface area contributed by atoms with Crippen LogP contribution < -0.4 is 0 Å². The van der Waals surface area contributed by atoms with Crippen LogP contribution >= 0.6 is 0 Å². The monoisotopic (exact) mass is 980 g/mol. The molecule has 0 aliphatic carbocycles. The number of esters is 5. The van der Waals surface area contributed by atoms with Crippen LogP contribution in [0, 0.1) is 0 Å². The predicted octanol–water partition coefficient (Wildman–Crippen LogP) is 7.08. The van der Waals surface area contributed by atoms with Gasteiger partial charge in [0.2, 0.25) is 0 Å². The van der Waals surface area contributed by atoms with E-state index >= 15 is 0 Å². The molecule has 0 radical (unpaired) electrons. The minimum absolute atomic E-state index is 0.00467. The van der Waals surface area contributed by atoms with Gasteiger partial charge in [0.1, 0.15) is 31.0 Å². The first kappa shape index (κ1) is 50.8. The summed E-state index contributed by atoms with van der Waals surface area (Å²) in [6.45, 7) is 0.226.